The topological polar surface area (TPSA) is 55.8 Å². The first kappa shape index (κ1) is 11.7. The van der Waals surface area contributed by atoms with E-state index in [9.17, 15) is 9.90 Å². The number of cyclic esters (lactones) is 1. The second kappa shape index (κ2) is 4.74. The van der Waals surface area contributed by atoms with Crippen LogP contribution in [0.5, 0.6) is 5.75 Å². The van der Waals surface area contributed by atoms with E-state index in [0.717, 1.165) is 5.56 Å². The van der Waals surface area contributed by atoms with Gasteiger partial charge in [-0.2, -0.15) is 0 Å². The molecule has 0 radical (unpaired) electrons. The molecular formula is C15H12O4. The monoisotopic (exact) mass is 256 g/mol. The molecule has 2 aromatic carbocycles. The zero-order valence-corrected chi connectivity index (χ0v) is 10.1. The Kier molecular flexibility index (Phi) is 2.93. The van der Waals surface area contributed by atoms with Gasteiger partial charge in [-0.25, -0.2) is 4.79 Å². The number of rotatable bonds is 3. The summed E-state index contributed by atoms with van der Waals surface area (Å²) in [6.45, 7) is 0.301. The molecule has 1 aliphatic rings. The lowest BCUT2D eigenvalue weighted by Gasteiger charge is -2.14. The summed E-state index contributed by atoms with van der Waals surface area (Å²) in [6, 6.07) is 14.1. The fraction of sp³-hybridized carbons (Fsp3) is 0.133. The van der Waals surface area contributed by atoms with E-state index >= 15 is 0 Å². The Morgan fingerprint density at radius 1 is 1.16 bits per heavy atom. The fourth-order valence-electron chi connectivity index (χ4n) is 1.98. The SMILES string of the molecule is O=C1OCc2ccc(OC(O)c3ccccc3)cc21. The van der Waals surface area contributed by atoms with E-state index in [4.69, 9.17) is 9.47 Å². The van der Waals surface area contributed by atoms with E-state index in [1.807, 2.05) is 18.2 Å². The molecule has 3 rings (SSSR count). The third-order valence-corrected chi connectivity index (χ3v) is 2.99. The van der Waals surface area contributed by atoms with Crippen LogP contribution in [0.2, 0.25) is 0 Å². The van der Waals surface area contributed by atoms with Gasteiger partial charge in [0, 0.05) is 11.1 Å². The third kappa shape index (κ3) is 2.30. The van der Waals surface area contributed by atoms with Gasteiger partial charge < -0.3 is 14.6 Å². The molecule has 1 atom stereocenters. The zero-order chi connectivity index (χ0) is 13.2. The van der Waals surface area contributed by atoms with Gasteiger partial charge in [0.05, 0.1) is 5.56 Å². The van der Waals surface area contributed by atoms with Crippen molar-refractivity contribution in [1.82, 2.24) is 0 Å². The number of hydrogen-bond donors (Lipinski definition) is 1. The van der Waals surface area contributed by atoms with Crippen molar-refractivity contribution in [2.45, 2.75) is 12.9 Å². The Labute approximate surface area is 110 Å². The smallest absolute Gasteiger partial charge is 0.339 e. The minimum Gasteiger partial charge on any atom is -0.461 e. The number of benzene rings is 2. The van der Waals surface area contributed by atoms with Crippen LogP contribution in [0.3, 0.4) is 0 Å². The maximum absolute atomic E-state index is 11.4. The van der Waals surface area contributed by atoms with Crippen LogP contribution >= 0.6 is 0 Å². The number of fused-ring (bicyclic) bond motifs is 1. The van der Waals surface area contributed by atoms with Gasteiger partial charge in [-0.05, 0) is 12.1 Å². The number of carbonyl (C=O) groups excluding carboxylic acids is 1. The van der Waals surface area contributed by atoms with Crippen molar-refractivity contribution in [2.75, 3.05) is 0 Å². The van der Waals surface area contributed by atoms with Crippen LogP contribution in [0.4, 0.5) is 0 Å². The van der Waals surface area contributed by atoms with Crippen molar-refractivity contribution in [1.29, 1.82) is 0 Å². The molecule has 4 nitrogen and oxygen atoms in total. The van der Waals surface area contributed by atoms with Gasteiger partial charge in [0.1, 0.15) is 12.4 Å². The van der Waals surface area contributed by atoms with Crippen LogP contribution in [0.25, 0.3) is 0 Å². The maximum atomic E-state index is 11.4. The quantitative estimate of drug-likeness (QED) is 0.677. The van der Waals surface area contributed by atoms with Crippen LogP contribution < -0.4 is 4.74 Å². The van der Waals surface area contributed by atoms with Crippen LogP contribution in [0, 0.1) is 0 Å². The summed E-state index contributed by atoms with van der Waals surface area (Å²) in [7, 11) is 0. The van der Waals surface area contributed by atoms with Crippen molar-refractivity contribution >= 4 is 5.97 Å². The zero-order valence-electron chi connectivity index (χ0n) is 10.1. The number of aliphatic hydroxyl groups excluding tert-OH is 1. The summed E-state index contributed by atoms with van der Waals surface area (Å²) in [5.74, 6) is 0.0867. The predicted octanol–water partition coefficient (Wildman–Crippen LogP) is 2.43. The normalized spacial score (nSPS) is 14.7. The molecule has 0 fully saturated rings. The van der Waals surface area contributed by atoms with Gasteiger partial charge in [0.15, 0.2) is 0 Å². The summed E-state index contributed by atoms with van der Waals surface area (Å²) in [5.41, 5.74) is 2.00. The maximum Gasteiger partial charge on any atom is 0.339 e. The second-order valence-corrected chi connectivity index (χ2v) is 4.28. The summed E-state index contributed by atoms with van der Waals surface area (Å²) >= 11 is 0. The van der Waals surface area contributed by atoms with Gasteiger partial charge in [0.25, 0.3) is 0 Å². The first-order chi connectivity index (χ1) is 9.24. The van der Waals surface area contributed by atoms with Crippen LogP contribution in [0.1, 0.15) is 27.8 Å². The van der Waals surface area contributed by atoms with Crippen molar-refractivity contribution in [3.05, 3.63) is 65.2 Å². The molecule has 1 aliphatic heterocycles. The van der Waals surface area contributed by atoms with E-state index in [-0.39, 0.29) is 5.97 Å². The van der Waals surface area contributed by atoms with E-state index in [1.54, 1.807) is 30.3 Å². The van der Waals surface area contributed by atoms with Crippen molar-refractivity contribution in [3.63, 3.8) is 0 Å². The highest BCUT2D eigenvalue weighted by atomic mass is 16.6. The number of carbonyl (C=O) groups is 1. The van der Waals surface area contributed by atoms with Crippen molar-refractivity contribution < 1.29 is 19.4 Å². The molecule has 0 saturated carbocycles. The Hall–Kier alpha value is -2.33. The largest absolute Gasteiger partial charge is 0.461 e. The number of hydrogen-bond acceptors (Lipinski definition) is 4. The number of esters is 1. The van der Waals surface area contributed by atoms with E-state index in [2.05, 4.69) is 0 Å². The Bertz CT molecular complexity index is 607. The third-order valence-electron chi connectivity index (χ3n) is 2.99. The standard InChI is InChI=1S/C15H12O4/c16-14(10-4-2-1-3-5-10)19-12-7-6-11-9-18-15(17)13(11)8-12/h1-8,14,16H,9H2. The molecular weight excluding hydrogens is 244 g/mol. The number of aliphatic hydroxyl groups is 1. The lowest BCUT2D eigenvalue weighted by molar-refractivity contribution is -0.0195. The fourth-order valence-corrected chi connectivity index (χ4v) is 1.98. The Morgan fingerprint density at radius 3 is 2.74 bits per heavy atom. The second-order valence-electron chi connectivity index (χ2n) is 4.28. The molecule has 1 heterocycles. The Morgan fingerprint density at radius 2 is 1.95 bits per heavy atom. The molecule has 2 aromatic rings. The summed E-state index contributed by atoms with van der Waals surface area (Å²) in [4.78, 5) is 11.4. The molecule has 0 amide bonds. The Balaban J connectivity index is 1.81. The summed E-state index contributed by atoms with van der Waals surface area (Å²) in [5, 5.41) is 9.95. The average Bonchev–Trinajstić information content (AvgIpc) is 2.81. The van der Waals surface area contributed by atoms with Crippen molar-refractivity contribution in [3.8, 4) is 5.75 Å². The highest BCUT2D eigenvalue weighted by molar-refractivity contribution is 5.93. The molecule has 1 unspecified atom stereocenters. The molecule has 0 saturated heterocycles. The molecule has 0 spiro atoms. The van der Waals surface area contributed by atoms with Gasteiger partial charge in [-0.3, -0.25) is 0 Å². The minimum atomic E-state index is -1.06. The van der Waals surface area contributed by atoms with E-state index in [0.29, 0.717) is 23.5 Å². The summed E-state index contributed by atoms with van der Waals surface area (Å²) in [6.07, 6.45) is -1.06. The molecule has 96 valence electrons. The van der Waals surface area contributed by atoms with Gasteiger partial charge in [-0.15, -0.1) is 0 Å². The van der Waals surface area contributed by atoms with E-state index in [1.165, 1.54) is 0 Å². The van der Waals surface area contributed by atoms with Gasteiger partial charge in [-0.1, -0.05) is 36.4 Å². The lowest BCUT2D eigenvalue weighted by atomic mass is 10.1. The molecule has 0 aromatic heterocycles. The van der Waals surface area contributed by atoms with Gasteiger partial charge in [0.2, 0.25) is 6.29 Å². The van der Waals surface area contributed by atoms with E-state index < -0.39 is 6.29 Å². The van der Waals surface area contributed by atoms with Crippen LogP contribution in [-0.4, -0.2) is 11.1 Å². The highest BCUT2D eigenvalue weighted by Crippen LogP contribution is 2.27. The average molecular weight is 256 g/mol. The first-order valence-corrected chi connectivity index (χ1v) is 5.94. The molecule has 4 heteroatoms. The highest BCUT2D eigenvalue weighted by Gasteiger charge is 2.22. The predicted molar refractivity (Wildman–Crippen MR) is 67.6 cm³/mol. The molecule has 0 aliphatic carbocycles. The minimum absolute atomic E-state index is 0.301. The lowest BCUT2D eigenvalue weighted by Crippen LogP contribution is -2.06. The van der Waals surface area contributed by atoms with Gasteiger partial charge >= 0.3 is 5.97 Å². The van der Waals surface area contributed by atoms with Crippen LogP contribution in [0.15, 0.2) is 48.5 Å². The molecule has 19 heavy (non-hydrogen) atoms. The number of ether oxygens (including phenoxy) is 2. The van der Waals surface area contributed by atoms with Crippen molar-refractivity contribution in [2.24, 2.45) is 0 Å². The van der Waals surface area contributed by atoms with Crippen LogP contribution in [-0.2, 0) is 11.3 Å². The molecule has 0 bridgehead atoms. The first-order valence-electron chi connectivity index (χ1n) is 5.94. The molecule has 1 N–H and O–H groups in total. The summed E-state index contributed by atoms with van der Waals surface area (Å²) < 4.78 is 10.3.